The lowest BCUT2D eigenvalue weighted by Crippen LogP contribution is -2.35. The van der Waals surface area contributed by atoms with Gasteiger partial charge in [0.25, 0.3) is 11.8 Å². The number of halogens is 4. The minimum Gasteiger partial charge on any atom is -0.465 e. The van der Waals surface area contributed by atoms with Crippen molar-refractivity contribution in [3.63, 3.8) is 0 Å². The van der Waals surface area contributed by atoms with Crippen molar-refractivity contribution in [2.45, 2.75) is 118 Å². The molecule has 0 spiro atoms. The average Bonchev–Trinajstić information content (AvgIpc) is 4.06. The molecule has 2 unspecified atom stereocenters. The van der Waals surface area contributed by atoms with Gasteiger partial charge in [-0.2, -0.15) is 0 Å². The molecule has 7 rings (SSSR count). The van der Waals surface area contributed by atoms with Gasteiger partial charge in [-0.1, -0.05) is 39.5 Å². The van der Waals surface area contributed by atoms with Crippen LogP contribution in [0.25, 0.3) is 10.0 Å². The Morgan fingerprint density at radius 3 is 2.27 bits per heavy atom. The molecule has 3 N–H and O–H groups in total. The maximum absolute atomic E-state index is 14.1. The lowest BCUT2D eigenvalue weighted by molar-refractivity contribution is -0.146. The number of hydrogen-bond acceptors (Lipinski definition) is 15. The summed E-state index contributed by atoms with van der Waals surface area (Å²) >= 11 is 11.7. The van der Waals surface area contributed by atoms with Crippen LogP contribution in [0.1, 0.15) is 108 Å². The van der Waals surface area contributed by atoms with E-state index in [4.69, 9.17) is 9.47 Å². The summed E-state index contributed by atoms with van der Waals surface area (Å²) in [5, 5.41) is 35.7. The molecule has 0 radical (unpaired) electrons. The SMILES string of the molecule is CCOC(=O)C(C)(C)Sc1nnc(Br)n1-c1sc(C(=O)Nc2ccc(F)c(F)c2)c2c1CC(CCOC(=O)C(C)(C)Sc1nncn1-c1sc(C(=O)NC(O)CCBr)c3c1CCCC3)CC2. The summed E-state index contributed by atoms with van der Waals surface area (Å²) in [4.78, 5) is 54.8. The van der Waals surface area contributed by atoms with E-state index in [0.29, 0.717) is 67.2 Å². The molecule has 1 aromatic carbocycles. The summed E-state index contributed by atoms with van der Waals surface area (Å²) in [6, 6.07) is 3.16. The zero-order valence-corrected chi connectivity index (χ0v) is 43.1. The van der Waals surface area contributed by atoms with Gasteiger partial charge in [0, 0.05) is 23.5 Å². The third kappa shape index (κ3) is 11.1. The number of carbonyl (C=O) groups is 4. The number of nitrogens with zero attached hydrogens (tertiary/aromatic N) is 6. The van der Waals surface area contributed by atoms with Crippen molar-refractivity contribution in [2.75, 3.05) is 23.9 Å². The number of aliphatic hydroxyl groups excluding tert-OH is 1. The van der Waals surface area contributed by atoms with Gasteiger partial charge in [-0.3, -0.25) is 28.3 Å². The van der Waals surface area contributed by atoms with Gasteiger partial charge in [0.05, 0.1) is 23.0 Å². The molecule has 0 saturated carbocycles. The molecule has 66 heavy (non-hydrogen) atoms. The fraction of sp³-hybridized carbons (Fsp3) is 0.488. The number of nitrogens with one attached hydrogen (secondary N) is 2. The van der Waals surface area contributed by atoms with Gasteiger partial charge in [-0.25, -0.2) is 8.78 Å². The van der Waals surface area contributed by atoms with E-state index in [0.717, 1.165) is 76.8 Å². The third-order valence-corrected chi connectivity index (χ3v) is 16.9. The van der Waals surface area contributed by atoms with Crippen LogP contribution in [-0.2, 0) is 44.7 Å². The second kappa shape index (κ2) is 21.3. The Morgan fingerprint density at radius 1 is 0.894 bits per heavy atom. The molecule has 2 atom stereocenters. The van der Waals surface area contributed by atoms with Crippen LogP contribution in [0.5, 0.6) is 0 Å². The van der Waals surface area contributed by atoms with E-state index in [1.165, 1.54) is 40.5 Å². The van der Waals surface area contributed by atoms with Crippen molar-refractivity contribution in [3.8, 4) is 10.0 Å². The van der Waals surface area contributed by atoms with Crippen LogP contribution in [0.4, 0.5) is 14.5 Å². The van der Waals surface area contributed by atoms with E-state index >= 15 is 0 Å². The van der Waals surface area contributed by atoms with Gasteiger partial charge in [-0.05, 0) is 142 Å². The number of thiophene rings is 2. The van der Waals surface area contributed by atoms with E-state index in [1.807, 2.05) is 4.57 Å². The molecule has 23 heteroatoms. The lowest BCUT2D eigenvalue weighted by Gasteiger charge is -2.26. The van der Waals surface area contributed by atoms with Gasteiger partial charge in [0.15, 0.2) is 21.9 Å². The zero-order valence-electron chi connectivity index (χ0n) is 36.7. The summed E-state index contributed by atoms with van der Waals surface area (Å²) in [5.74, 6) is -3.78. The van der Waals surface area contributed by atoms with Crippen LogP contribution in [0.15, 0.2) is 39.6 Å². The van der Waals surface area contributed by atoms with E-state index in [9.17, 15) is 33.1 Å². The first kappa shape index (κ1) is 50.1. The second-order valence-electron chi connectivity index (χ2n) is 16.7. The second-order valence-corrected chi connectivity index (χ2v) is 23.4. The summed E-state index contributed by atoms with van der Waals surface area (Å²) < 4.78 is 40.9. The Hall–Kier alpha value is -3.74. The van der Waals surface area contributed by atoms with Crippen LogP contribution in [0.3, 0.4) is 0 Å². The molecule has 0 saturated heterocycles. The highest BCUT2D eigenvalue weighted by molar-refractivity contribution is 9.10. The number of ether oxygens (including phenoxy) is 2. The number of alkyl halides is 1. The van der Waals surface area contributed by atoms with Crippen molar-refractivity contribution in [2.24, 2.45) is 5.92 Å². The van der Waals surface area contributed by atoms with Crippen LogP contribution < -0.4 is 10.6 Å². The van der Waals surface area contributed by atoms with Crippen molar-refractivity contribution in [1.82, 2.24) is 34.8 Å². The minimum atomic E-state index is -1.09. The molecule has 15 nitrogen and oxygen atoms in total. The molecule has 354 valence electrons. The summed E-state index contributed by atoms with van der Waals surface area (Å²) in [6.45, 7) is 9.04. The van der Waals surface area contributed by atoms with Gasteiger partial charge in [0.1, 0.15) is 32.1 Å². The summed E-state index contributed by atoms with van der Waals surface area (Å²) in [7, 11) is 0. The van der Waals surface area contributed by atoms with Crippen molar-refractivity contribution in [3.05, 3.63) is 72.9 Å². The number of amides is 2. The maximum Gasteiger partial charge on any atom is 0.322 e. The highest BCUT2D eigenvalue weighted by Gasteiger charge is 2.38. The van der Waals surface area contributed by atoms with Gasteiger partial charge in [-0.15, -0.1) is 43.1 Å². The topological polar surface area (TPSA) is 192 Å². The Bertz CT molecular complexity index is 2630. The molecule has 0 bridgehead atoms. The minimum absolute atomic E-state index is 0.0407. The Labute approximate surface area is 413 Å². The molecule has 5 aromatic rings. The molecule has 4 heterocycles. The molecular weight excluding hydrogens is 1070 g/mol. The van der Waals surface area contributed by atoms with Crippen molar-refractivity contribution < 1.29 is 42.5 Å². The van der Waals surface area contributed by atoms with Crippen molar-refractivity contribution >= 4 is 107 Å². The van der Waals surface area contributed by atoms with E-state index in [-0.39, 0.29) is 30.7 Å². The number of aliphatic hydroxyl groups is 1. The lowest BCUT2D eigenvalue weighted by atomic mass is 9.83. The number of benzene rings is 1. The number of fused-ring (bicyclic) bond motifs is 2. The standard InChI is InChI=1S/C43H48Br2F2N8O7S4/c1-6-61-37(59)42(2,3)66-41-53-51-39(45)55(41)36-27-19-22(11-13-25(27)32(64-36)33(57)49-23-12-14-28(46)29(47)20-23)16-18-62-38(60)43(4,5)65-40-52-48-21-54(40)35-26-10-8-7-9-24(26)31(63-35)34(58)50-30(56)15-17-44/h12,14,20-22,30,56H,6-11,13,15-19H2,1-5H3,(H,49,57)(H,50,58). The smallest absolute Gasteiger partial charge is 0.322 e. The average molecular weight is 1110 g/mol. The number of esters is 2. The first-order chi connectivity index (χ1) is 31.4. The van der Waals surface area contributed by atoms with Crippen molar-refractivity contribution in [1.29, 1.82) is 0 Å². The quantitative estimate of drug-likeness (QED) is 0.0326. The van der Waals surface area contributed by atoms with Crippen LogP contribution in [0, 0.1) is 17.6 Å². The molecule has 2 amide bonds. The first-order valence-electron chi connectivity index (χ1n) is 21.3. The zero-order chi connectivity index (χ0) is 47.5. The fourth-order valence-corrected chi connectivity index (χ4v) is 13.3. The van der Waals surface area contributed by atoms with E-state index in [2.05, 4.69) is 62.9 Å². The molecule has 2 aliphatic rings. The number of anilines is 1. The summed E-state index contributed by atoms with van der Waals surface area (Å²) in [6.07, 6.45) is 6.61. The highest BCUT2D eigenvalue weighted by Crippen LogP contribution is 2.45. The largest absolute Gasteiger partial charge is 0.465 e. The van der Waals surface area contributed by atoms with E-state index in [1.54, 1.807) is 45.5 Å². The molecule has 0 fully saturated rings. The van der Waals surface area contributed by atoms with Crippen LogP contribution in [0.2, 0.25) is 0 Å². The molecule has 4 aromatic heterocycles. The number of carbonyl (C=O) groups excluding carboxylic acids is 4. The number of hydrogen-bond donors (Lipinski definition) is 3. The van der Waals surface area contributed by atoms with Gasteiger partial charge < -0.3 is 25.2 Å². The third-order valence-electron chi connectivity index (χ3n) is 11.1. The summed E-state index contributed by atoms with van der Waals surface area (Å²) in [5.41, 5.74) is 3.75. The predicted molar refractivity (Wildman–Crippen MR) is 257 cm³/mol. The molecule has 2 aliphatic carbocycles. The first-order valence-corrected chi connectivity index (χ1v) is 26.4. The predicted octanol–water partition coefficient (Wildman–Crippen LogP) is 9.02. The maximum atomic E-state index is 14.1. The Kier molecular flexibility index (Phi) is 16.2. The van der Waals surface area contributed by atoms with Gasteiger partial charge in [0.2, 0.25) is 4.73 Å². The van der Waals surface area contributed by atoms with Crippen LogP contribution >= 0.6 is 78.1 Å². The fourth-order valence-electron chi connectivity index (χ4n) is 7.71. The molecule has 0 aliphatic heterocycles. The normalized spacial score (nSPS) is 15.5. The number of thioether (sulfide) groups is 2. The van der Waals surface area contributed by atoms with Crippen LogP contribution in [-0.4, -0.2) is 92.7 Å². The highest BCUT2D eigenvalue weighted by atomic mass is 79.9. The van der Waals surface area contributed by atoms with Gasteiger partial charge >= 0.3 is 11.9 Å². The number of rotatable bonds is 18. The monoisotopic (exact) mass is 1110 g/mol. The van der Waals surface area contributed by atoms with E-state index < -0.39 is 45.2 Å². The number of aromatic nitrogens is 6. The Balaban J connectivity index is 1.07. The Morgan fingerprint density at radius 2 is 1.56 bits per heavy atom. The molecular formula is C43H48Br2F2N8O7S4.